The molecular formula is C16H28N2O2S. The molecule has 3 aliphatic heterocycles. The third-order valence-electron chi connectivity index (χ3n) is 5.09. The predicted molar refractivity (Wildman–Crippen MR) is 86.6 cm³/mol. The zero-order valence-corrected chi connectivity index (χ0v) is 13.9. The van der Waals surface area contributed by atoms with Crippen molar-refractivity contribution in [3.8, 4) is 0 Å². The molecule has 0 bridgehead atoms. The Bertz CT molecular complexity index is 354. The molecule has 0 aromatic carbocycles. The molecule has 0 radical (unpaired) electrons. The van der Waals surface area contributed by atoms with Crippen molar-refractivity contribution in [2.45, 2.75) is 57.2 Å². The highest BCUT2D eigenvalue weighted by Crippen LogP contribution is 2.27. The molecule has 3 heterocycles. The van der Waals surface area contributed by atoms with Crippen LogP contribution in [0.5, 0.6) is 0 Å². The van der Waals surface area contributed by atoms with Crippen LogP contribution >= 0.6 is 11.8 Å². The summed E-state index contributed by atoms with van der Waals surface area (Å²) in [6.45, 7) is 4.86. The minimum Gasteiger partial charge on any atom is -0.376 e. The molecule has 0 aromatic heterocycles. The summed E-state index contributed by atoms with van der Waals surface area (Å²) in [6.07, 6.45) is 6.01. The molecule has 4 nitrogen and oxygen atoms in total. The SMILES string of the molecule is CC1CCCNC1C(=O)N(CC1CCCO1)C1CCSC1. The first-order valence-electron chi connectivity index (χ1n) is 8.49. The van der Waals surface area contributed by atoms with Gasteiger partial charge in [0, 0.05) is 24.9 Å². The summed E-state index contributed by atoms with van der Waals surface area (Å²) < 4.78 is 5.79. The minimum absolute atomic E-state index is 0.0192. The fourth-order valence-electron chi connectivity index (χ4n) is 3.75. The van der Waals surface area contributed by atoms with E-state index >= 15 is 0 Å². The molecule has 4 unspecified atom stereocenters. The molecule has 1 N–H and O–H groups in total. The summed E-state index contributed by atoms with van der Waals surface area (Å²) in [4.78, 5) is 15.2. The lowest BCUT2D eigenvalue weighted by Gasteiger charge is -2.37. The van der Waals surface area contributed by atoms with Gasteiger partial charge in [-0.25, -0.2) is 0 Å². The number of nitrogens with one attached hydrogen (secondary N) is 1. The van der Waals surface area contributed by atoms with Gasteiger partial charge in [-0.15, -0.1) is 0 Å². The third kappa shape index (κ3) is 3.74. The molecule has 0 aromatic rings. The van der Waals surface area contributed by atoms with Crippen LogP contribution in [0.1, 0.15) is 39.0 Å². The molecular weight excluding hydrogens is 284 g/mol. The lowest BCUT2D eigenvalue weighted by atomic mass is 9.91. The van der Waals surface area contributed by atoms with E-state index in [4.69, 9.17) is 4.74 Å². The second-order valence-electron chi connectivity index (χ2n) is 6.69. The Kier molecular flexibility index (Phi) is 5.46. The number of rotatable bonds is 4. The molecule has 120 valence electrons. The quantitative estimate of drug-likeness (QED) is 0.861. The van der Waals surface area contributed by atoms with E-state index in [-0.39, 0.29) is 12.1 Å². The van der Waals surface area contributed by atoms with Gasteiger partial charge in [0.25, 0.3) is 0 Å². The molecule has 3 rings (SSSR count). The summed E-state index contributed by atoms with van der Waals surface area (Å²) in [7, 11) is 0. The highest BCUT2D eigenvalue weighted by Gasteiger charge is 2.36. The maximum Gasteiger partial charge on any atom is 0.240 e. The first-order chi connectivity index (χ1) is 10.3. The number of thioether (sulfide) groups is 1. The molecule has 21 heavy (non-hydrogen) atoms. The molecule has 4 atom stereocenters. The second kappa shape index (κ2) is 7.34. The molecule has 3 aliphatic rings. The molecule has 5 heteroatoms. The van der Waals surface area contributed by atoms with Crippen LogP contribution in [0.3, 0.4) is 0 Å². The van der Waals surface area contributed by atoms with Gasteiger partial charge in [0.2, 0.25) is 5.91 Å². The first-order valence-corrected chi connectivity index (χ1v) is 9.64. The van der Waals surface area contributed by atoms with Crippen LogP contribution in [0.2, 0.25) is 0 Å². The highest BCUT2D eigenvalue weighted by molar-refractivity contribution is 7.99. The topological polar surface area (TPSA) is 41.6 Å². The smallest absolute Gasteiger partial charge is 0.240 e. The number of hydrogen-bond donors (Lipinski definition) is 1. The summed E-state index contributed by atoms with van der Waals surface area (Å²) in [6, 6.07) is 0.438. The van der Waals surface area contributed by atoms with Crippen LogP contribution in [-0.2, 0) is 9.53 Å². The Balaban J connectivity index is 1.68. The Morgan fingerprint density at radius 3 is 2.90 bits per heavy atom. The largest absolute Gasteiger partial charge is 0.376 e. The Morgan fingerprint density at radius 1 is 1.33 bits per heavy atom. The van der Waals surface area contributed by atoms with E-state index in [9.17, 15) is 4.79 Å². The normalized spacial score (nSPS) is 36.8. The van der Waals surface area contributed by atoms with Gasteiger partial charge in [0.15, 0.2) is 0 Å². The van der Waals surface area contributed by atoms with E-state index in [1.807, 2.05) is 11.8 Å². The Labute approximate surface area is 132 Å². The lowest BCUT2D eigenvalue weighted by Crippen LogP contribution is -2.56. The van der Waals surface area contributed by atoms with Crippen molar-refractivity contribution in [2.75, 3.05) is 31.2 Å². The van der Waals surface area contributed by atoms with Gasteiger partial charge in [-0.1, -0.05) is 6.92 Å². The van der Waals surface area contributed by atoms with Gasteiger partial charge in [-0.2, -0.15) is 11.8 Å². The number of nitrogens with zero attached hydrogens (tertiary/aromatic N) is 1. The van der Waals surface area contributed by atoms with Gasteiger partial charge in [0.1, 0.15) is 0 Å². The molecule has 3 saturated heterocycles. The van der Waals surface area contributed by atoms with Crippen LogP contribution in [0.15, 0.2) is 0 Å². The average molecular weight is 312 g/mol. The van der Waals surface area contributed by atoms with Crippen LogP contribution in [0.4, 0.5) is 0 Å². The van der Waals surface area contributed by atoms with E-state index in [2.05, 4.69) is 17.1 Å². The van der Waals surface area contributed by atoms with E-state index in [1.54, 1.807) is 0 Å². The number of hydrogen-bond acceptors (Lipinski definition) is 4. The van der Waals surface area contributed by atoms with Crippen molar-refractivity contribution in [1.29, 1.82) is 0 Å². The second-order valence-corrected chi connectivity index (χ2v) is 7.84. The fourth-order valence-corrected chi connectivity index (χ4v) is 4.98. The summed E-state index contributed by atoms with van der Waals surface area (Å²) in [5.74, 6) is 3.06. The first kappa shape index (κ1) is 15.6. The molecule has 0 aliphatic carbocycles. The highest BCUT2D eigenvalue weighted by atomic mass is 32.2. The number of amides is 1. The summed E-state index contributed by atoms with van der Waals surface area (Å²) >= 11 is 1.98. The van der Waals surface area contributed by atoms with E-state index in [0.29, 0.717) is 17.9 Å². The molecule has 1 amide bonds. The van der Waals surface area contributed by atoms with Gasteiger partial charge < -0.3 is 15.0 Å². The molecule has 0 spiro atoms. The summed E-state index contributed by atoms with van der Waals surface area (Å²) in [5, 5.41) is 3.46. The number of ether oxygens (including phenoxy) is 1. The van der Waals surface area contributed by atoms with Crippen molar-refractivity contribution in [3.05, 3.63) is 0 Å². The zero-order valence-electron chi connectivity index (χ0n) is 13.1. The lowest BCUT2D eigenvalue weighted by molar-refractivity contribution is -0.139. The van der Waals surface area contributed by atoms with Crippen molar-refractivity contribution >= 4 is 17.7 Å². The maximum atomic E-state index is 13.1. The van der Waals surface area contributed by atoms with E-state index in [0.717, 1.165) is 51.1 Å². The van der Waals surface area contributed by atoms with Crippen molar-refractivity contribution in [2.24, 2.45) is 5.92 Å². The van der Waals surface area contributed by atoms with E-state index < -0.39 is 0 Å². The van der Waals surface area contributed by atoms with Crippen LogP contribution < -0.4 is 5.32 Å². The Morgan fingerprint density at radius 2 is 2.24 bits per heavy atom. The zero-order chi connectivity index (χ0) is 14.7. The third-order valence-corrected chi connectivity index (χ3v) is 6.23. The number of piperidine rings is 1. The van der Waals surface area contributed by atoms with Crippen molar-refractivity contribution in [3.63, 3.8) is 0 Å². The predicted octanol–water partition coefficient (Wildman–Crippen LogP) is 1.89. The van der Waals surface area contributed by atoms with Gasteiger partial charge >= 0.3 is 0 Å². The van der Waals surface area contributed by atoms with Gasteiger partial charge in [-0.3, -0.25) is 4.79 Å². The summed E-state index contributed by atoms with van der Waals surface area (Å²) in [5.41, 5.74) is 0. The van der Waals surface area contributed by atoms with Gasteiger partial charge in [-0.05, 0) is 50.3 Å². The van der Waals surface area contributed by atoms with Crippen LogP contribution in [0, 0.1) is 5.92 Å². The average Bonchev–Trinajstić information content (AvgIpc) is 3.18. The monoisotopic (exact) mass is 312 g/mol. The Hall–Kier alpha value is -0.260. The number of carbonyl (C=O) groups excluding carboxylic acids is 1. The molecule has 3 fully saturated rings. The molecule has 0 saturated carbocycles. The van der Waals surface area contributed by atoms with Gasteiger partial charge in [0.05, 0.1) is 12.1 Å². The van der Waals surface area contributed by atoms with E-state index in [1.165, 1.54) is 12.2 Å². The number of carbonyl (C=O) groups is 1. The standard InChI is InChI=1S/C16H28N2O2S/c1-12-4-2-7-17-15(12)16(19)18(13-6-9-21-11-13)10-14-5-3-8-20-14/h12-15,17H,2-11H2,1H3. The van der Waals surface area contributed by atoms with Crippen molar-refractivity contribution < 1.29 is 9.53 Å². The fraction of sp³-hybridized carbons (Fsp3) is 0.938. The minimum atomic E-state index is 0.0192. The maximum absolute atomic E-state index is 13.1. The van der Waals surface area contributed by atoms with Crippen LogP contribution in [-0.4, -0.2) is 60.2 Å². The van der Waals surface area contributed by atoms with Crippen LogP contribution in [0.25, 0.3) is 0 Å². The van der Waals surface area contributed by atoms with Crippen molar-refractivity contribution in [1.82, 2.24) is 10.2 Å².